The lowest BCUT2D eigenvalue weighted by molar-refractivity contribution is 0.631. The van der Waals surface area contributed by atoms with E-state index in [9.17, 15) is 9.18 Å². The van der Waals surface area contributed by atoms with Gasteiger partial charge in [-0.3, -0.25) is 4.79 Å². The molecule has 0 N–H and O–H groups in total. The molecule has 0 aliphatic heterocycles. The molecule has 0 saturated carbocycles. The lowest BCUT2D eigenvalue weighted by Gasteiger charge is -2.07. The maximum atomic E-state index is 13.5. The van der Waals surface area contributed by atoms with Crippen LogP contribution in [0.15, 0.2) is 41.3 Å². The van der Waals surface area contributed by atoms with Crippen LogP contribution in [0.3, 0.4) is 0 Å². The van der Waals surface area contributed by atoms with E-state index < -0.39 is 0 Å². The Labute approximate surface area is 96.9 Å². The van der Waals surface area contributed by atoms with Crippen molar-refractivity contribution in [2.45, 2.75) is 0 Å². The molecule has 0 radical (unpaired) electrons. The lowest BCUT2D eigenvalue weighted by atomic mass is 10.1. The molecular weight excluding hydrogens is 229 g/mol. The second kappa shape index (κ2) is 4.10. The molecule has 0 bridgehead atoms. The van der Waals surface area contributed by atoms with Gasteiger partial charge in [-0.1, -0.05) is 29.8 Å². The van der Waals surface area contributed by atoms with Gasteiger partial charge in [-0.05, 0) is 6.07 Å². The van der Waals surface area contributed by atoms with Crippen LogP contribution in [0.4, 0.5) is 4.39 Å². The topological polar surface area (TPSA) is 22.0 Å². The summed E-state index contributed by atoms with van der Waals surface area (Å²) >= 11 is 5.93. The Bertz CT molecular complexity index is 592. The summed E-state index contributed by atoms with van der Waals surface area (Å²) in [6.07, 6.45) is 1.53. The number of benzene rings is 1. The summed E-state index contributed by atoms with van der Waals surface area (Å²) < 4.78 is 14.9. The Morgan fingerprint density at radius 2 is 1.94 bits per heavy atom. The molecule has 0 fully saturated rings. The molecular formula is C12H9ClFNO. The zero-order valence-electron chi connectivity index (χ0n) is 8.58. The van der Waals surface area contributed by atoms with Crippen LogP contribution in [0.2, 0.25) is 5.02 Å². The van der Waals surface area contributed by atoms with Crippen LogP contribution >= 0.6 is 11.6 Å². The molecule has 2 rings (SSSR count). The first kappa shape index (κ1) is 10.9. The van der Waals surface area contributed by atoms with Gasteiger partial charge in [0, 0.05) is 30.4 Å². The van der Waals surface area contributed by atoms with Crippen molar-refractivity contribution in [2.24, 2.45) is 7.05 Å². The largest absolute Gasteiger partial charge is 0.318 e. The predicted molar refractivity (Wildman–Crippen MR) is 62.1 cm³/mol. The van der Waals surface area contributed by atoms with E-state index >= 15 is 0 Å². The fourth-order valence-electron chi connectivity index (χ4n) is 1.48. The van der Waals surface area contributed by atoms with Crippen molar-refractivity contribution in [1.29, 1.82) is 0 Å². The summed E-state index contributed by atoms with van der Waals surface area (Å²) in [6.45, 7) is 0. The molecule has 1 aromatic carbocycles. The zero-order valence-corrected chi connectivity index (χ0v) is 9.33. The van der Waals surface area contributed by atoms with Gasteiger partial charge in [0.1, 0.15) is 5.82 Å². The van der Waals surface area contributed by atoms with Gasteiger partial charge in [-0.15, -0.1) is 0 Å². The Morgan fingerprint density at radius 1 is 1.25 bits per heavy atom. The van der Waals surface area contributed by atoms with Crippen LogP contribution < -0.4 is 5.56 Å². The molecule has 16 heavy (non-hydrogen) atoms. The van der Waals surface area contributed by atoms with Crippen molar-refractivity contribution >= 4 is 11.6 Å². The summed E-state index contributed by atoms with van der Waals surface area (Å²) in [7, 11) is 1.60. The minimum absolute atomic E-state index is 0.218. The molecule has 0 aliphatic rings. The van der Waals surface area contributed by atoms with Gasteiger partial charge >= 0.3 is 0 Å². The highest BCUT2D eigenvalue weighted by Gasteiger charge is 2.09. The first-order valence-corrected chi connectivity index (χ1v) is 5.08. The second-order valence-corrected chi connectivity index (χ2v) is 3.87. The number of rotatable bonds is 1. The van der Waals surface area contributed by atoms with Crippen molar-refractivity contribution in [1.82, 2.24) is 4.57 Å². The molecule has 1 heterocycles. The van der Waals surface area contributed by atoms with Gasteiger partial charge in [0.05, 0.1) is 5.02 Å². The number of hydrogen-bond acceptors (Lipinski definition) is 1. The van der Waals surface area contributed by atoms with Crippen LogP contribution in [-0.4, -0.2) is 4.57 Å². The lowest BCUT2D eigenvalue weighted by Crippen LogP contribution is -2.14. The molecule has 2 aromatic rings. The van der Waals surface area contributed by atoms with Gasteiger partial charge in [0.25, 0.3) is 5.56 Å². The zero-order chi connectivity index (χ0) is 11.7. The monoisotopic (exact) mass is 237 g/mol. The first-order chi connectivity index (χ1) is 7.59. The highest BCUT2D eigenvalue weighted by Crippen LogP contribution is 2.27. The van der Waals surface area contributed by atoms with Crippen LogP contribution in [-0.2, 0) is 7.05 Å². The number of aromatic nitrogens is 1. The Kier molecular flexibility index (Phi) is 2.79. The minimum Gasteiger partial charge on any atom is -0.318 e. The number of nitrogens with zero attached hydrogens (tertiary/aromatic N) is 1. The number of pyridine rings is 1. The molecule has 82 valence electrons. The van der Waals surface area contributed by atoms with E-state index in [-0.39, 0.29) is 16.4 Å². The highest BCUT2D eigenvalue weighted by atomic mass is 35.5. The van der Waals surface area contributed by atoms with Gasteiger partial charge in [-0.25, -0.2) is 4.39 Å². The smallest absolute Gasteiger partial charge is 0.251 e. The third-order valence-electron chi connectivity index (χ3n) is 2.34. The van der Waals surface area contributed by atoms with Gasteiger partial charge in [-0.2, -0.15) is 0 Å². The van der Waals surface area contributed by atoms with E-state index in [1.54, 1.807) is 25.2 Å². The quantitative estimate of drug-likeness (QED) is 0.748. The van der Waals surface area contributed by atoms with Gasteiger partial charge < -0.3 is 4.57 Å². The molecule has 1 aromatic heterocycles. The number of halogens is 2. The summed E-state index contributed by atoms with van der Waals surface area (Å²) in [5, 5.41) is 0.258. The Morgan fingerprint density at radius 3 is 2.62 bits per heavy atom. The van der Waals surface area contributed by atoms with Crippen molar-refractivity contribution in [3.05, 3.63) is 57.7 Å². The summed E-state index contributed by atoms with van der Waals surface area (Å²) in [4.78, 5) is 11.3. The molecule has 0 saturated heterocycles. The van der Waals surface area contributed by atoms with E-state index in [0.717, 1.165) is 0 Å². The second-order valence-electron chi connectivity index (χ2n) is 3.46. The Hall–Kier alpha value is -1.61. The average Bonchev–Trinajstić information content (AvgIpc) is 2.25. The van der Waals surface area contributed by atoms with Crippen LogP contribution in [0, 0.1) is 5.82 Å². The summed E-state index contributed by atoms with van der Waals surface area (Å²) in [6, 6.07) is 7.59. The fraction of sp³-hybridized carbons (Fsp3) is 0.0833. The van der Waals surface area contributed by atoms with E-state index in [4.69, 9.17) is 11.6 Å². The molecule has 2 nitrogen and oxygen atoms in total. The molecule has 0 aliphatic carbocycles. The minimum atomic E-state index is -0.358. The fourth-order valence-corrected chi connectivity index (χ4v) is 1.73. The number of hydrogen-bond donors (Lipinski definition) is 0. The van der Waals surface area contributed by atoms with E-state index in [0.29, 0.717) is 11.1 Å². The maximum Gasteiger partial charge on any atom is 0.251 e. The Balaban J connectivity index is 2.70. The normalized spacial score (nSPS) is 10.4. The van der Waals surface area contributed by atoms with Crippen molar-refractivity contribution in [3.63, 3.8) is 0 Å². The molecule has 0 atom stereocenters. The summed E-state index contributed by atoms with van der Waals surface area (Å²) in [5.41, 5.74) is 0.690. The number of aryl methyl sites for hydroxylation is 1. The highest BCUT2D eigenvalue weighted by molar-refractivity contribution is 6.33. The van der Waals surface area contributed by atoms with E-state index in [1.807, 2.05) is 0 Å². The molecule has 0 amide bonds. The van der Waals surface area contributed by atoms with Gasteiger partial charge in [0.2, 0.25) is 0 Å². The van der Waals surface area contributed by atoms with Crippen molar-refractivity contribution < 1.29 is 4.39 Å². The van der Waals surface area contributed by atoms with Crippen LogP contribution in [0.25, 0.3) is 11.1 Å². The standard InChI is InChI=1S/C12H9ClFNO/c1-15-7-9(10(13)6-12(15)16)8-4-2-3-5-11(8)14/h2-7H,1H3. The molecule has 4 heteroatoms. The SMILES string of the molecule is Cn1cc(-c2ccccc2F)c(Cl)cc1=O. The van der Waals surface area contributed by atoms with Gasteiger partial charge in [0.15, 0.2) is 0 Å². The third-order valence-corrected chi connectivity index (χ3v) is 2.65. The first-order valence-electron chi connectivity index (χ1n) is 4.70. The van der Waals surface area contributed by atoms with Crippen molar-refractivity contribution in [3.8, 4) is 11.1 Å². The molecule has 0 unspecified atom stereocenters. The third kappa shape index (κ3) is 1.86. The van der Waals surface area contributed by atoms with Crippen molar-refractivity contribution in [2.75, 3.05) is 0 Å². The van der Waals surface area contributed by atoms with Crippen LogP contribution in [0.5, 0.6) is 0 Å². The van der Waals surface area contributed by atoms with E-state index in [1.165, 1.54) is 22.9 Å². The average molecular weight is 238 g/mol. The maximum absolute atomic E-state index is 13.5. The predicted octanol–water partition coefficient (Wildman–Crippen LogP) is 2.84. The summed E-state index contributed by atoms with van der Waals surface area (Å²) in [5.74, 6) is -0.358. The van der Waals surface area contributed by atoms with E-state index in [2.05, 4.69) is 0 Å². The molecule has 0 spiro atoms. The van der Waals surface area contributed by atoms with Crippen LogP contribution in [0.1, 0.15) is 0 Å².